The van der Waals surface area contributed by atoms with Crippen LogP contribution < -0.4 is 9.47 Å². The molecule has 0 aliphatic rings. The summed E-state index contributed by atoms with van der Waals surface area (Å²) in [6, 6.07) is 10.6. The van der Waals surface area contributed by atoms with Gasteiger partial charge in [-0.3, -0.25) is 0 Å². The summed E-state index contributed by atoms with van der Waals surface area (Å²) in [6.07, 6.45) is 4.61. The minimum absolute atomic E-state index is 0.0110. The van der Waals surface area contributed by atoms with E-state index in [1.165, 1.54) is 12.1 Å². The van der Waals surface area contributed by atoms with Crippen LogP contribution in [0.1, 0.15) is 11.4 Å². The number of aromatic nitrogens is 2. The van der Waals surface area contributed by atoms with Gasteiger partial charge in [-0.1, -0.05) is 12.1 Å². The molecule has 6 nitrogen and oxygen atoms in total. The molecule has 0 radical (unpaired) electrons. The lowest BCUT2D eigenvalue weighted by molar-refractivity contribution is 0.285. The first kappa shape index (κ1) is 18.9. The van der Waals surface area contributed by atoms with Crippen LogP contribution in [0.2, 0.25) is 0 Å². The number of imidazole rings is 1. The third-order valence-electron chi connectivity index (χ3n) is 3.94. The molecule has 0 atom stereocenters. The minimum Gasteiger partial charge on any atom is -0.486 e. The summed E-state index contributed by atoms with van der Waals surface area (Å²) in [7, 11) is -1.54. The zero-order chi connectivity index (χ0) is 19.4. The van der Waals surface area contributed by atoms with Crippen LogP contribution in [0.3, 0.4) is 0 Å². The van der Waals surface area contributed by atoms with Crippen molar-refractivity contribution in [3.8, 4) is 11.5 Å². The fraction of sp³-hybridized carbons (Fsp3) is 0.211. The molecule has 0 saturated heterocycles. The summed E-state index contributed by atoms with van der Waals surface area (Å²) >= 11 is 0. The molecule has 0 spiro atoms. The number of hydrogen-bond acceptors (Lipinski definition) is 5. The van der Waals surface area contributed by atoms with E-state index in [4.69, 9.17) is 9.47 Å². The fourth-order valence-electron chi connectivity index (χ4n) is 2.35. The predicted molar refractivity (Wildman–Crippen MR) is 97.8 cm³/mol. The molecule has 0 saturated carbocycles. The number of benzene rings is 2. The number of aryl methyl sites for hydroxylation is 1. The number of nitrogens with zero attached hydrogens (tertiary/aromatic N) is 2. The van der Waals surface area contributed by atoms with Gasteiger partial charge in [-0.05, 0) is 29.8 Å². The Kier molecular flexibility index (Phi) is 5.46. The van der Waals surface area contributed by atoms with Gasteiger partial charge in [0.25, 0.3) is 0 Å². The lowest BCUT2D eigenvalue weighted by Gasteiger charge is -2.10. The van der Waals surface area contributed by atoms with E-state index in [9.17, 15) is 12.8 Å². The van der Waals surface area contributed by atoms with Crippen LogP contribution >= 0.6 is 0 Å². The van der Waals surface area contributed by atoms with Gasteiger partial charge in [0, 0.05) is 31.8 Å². The highest BCUT2D eigenvalue weighted by Crippen LogP contribution is 2.23. The Labute approximate surface area is 157 Å². The average Bonchev–Trinajstić information content (AvgIpc) is 3.04. The van der Waals surface area contributed by atoms with E-state index in [1.54, 1.807) is 30.5 Å². The van der Waals surface area contributed by atoms with E-state index >= 15 is 0 Å². The summed E-state index contributed by atoms with van der Waals surface area (Å²) in [4.78, 5) is 4.19. The zero-order valence-electron chi connectivity index (χ0n) is 14.9. The quantitative estimate of drug-likeness (QED) is 0.580. The fourth-order valence-corrected chi connectivity index (χ4v) is 2.99. The van der Waals surface area contributed by atoms with Gasteiger partial charge in [-0.25, -0.2) is 17.8 Å². The first-order valence-corrected chi connectivity index (χ1v) is 10.0. The molecule has 0 fully saturated rings. The molecule has 142 valence electrons. The van der Waals surface area contributed by atoms with Crippen LogP contribution in [0, 0.1) is 5.82 Å². The third-order valence-corrected chi connectivity index (χ3v) is 5.05. The highest BCUT2D eigenvalue weighted by atomic mass is 32.2. The summed E-state index contributed by atoms with van der Waals surface area (Å²) in [6.45, 7) is 0.451. The smallest absolute Gasteiger partial charge is 0.175 e. The number of sulfone groups is 1. The molecule has 0 unspecified atom stereocenters. The van der Waals surface area contributed by atoms with Crippen LogP contribution in [-0.4, -0.2) is 24.2 Å². The lowest BCUT2D eigenvalue weighted by atomic mass is 10.2. The molecular formula is C19H19FN2O4S. The highest BCUT2D eigenvalue weighted by molar-refractivity contribution is 7.90. The van der Waals surface area contributed by atoms with Crippen molar-refractivity contribution in [1.29, 1.82) is 0 Å². The molecule has 2 aromatic carbocycles. The molecule has 27 heavy (non-hydrogen) atoms. The Morgan fingerprint density at radius 3 is 2.44 bits per heavy atom. The van der Waals surface area contributed by atoms with Crippen LogP contribution in [0.4, 0.5) is 4.39 Å². The Hall–Kier alpha value is -2.87. The molecule has 0 amide bonds. The van der Waals surface area contributed by atoms with Crippen molar-refractivity contribution >= 4 is 9.84 Å². The highest BCUT2D eigenvalue weighted by Gasteiger charge is 2.12. The second-order valence-electron chi connectivity index (χ2n) is 6.04. The topological polar surface area (TPSA) is 70.4 Å². The standard InChI is InChI=1S/C19H19FN2O4S/c1-22-10-9-21-19(22)13-25-15-5-3-14(4-6-15)12-26-18-11-16(27(2,23)24)7-8-17(18)20/h3-11H,12-13H2,1-2H3. The maximum atomic E-state index is 13.8. The average molecular weight is 390 g/mol. The second-order valence-corrected chi connectivity index (χ2v) is 8.06. The maximum Gasteiger partial charge on any atom is 0.175 e. The Morgan fingerprint density at radius 1 is 1.07 bits per heavy atom. The molecule has 1 heterocycles. The monoisotopic (exact) mass is 390 g/mol. The molecule has 0 aliphatic heterocycles. The third kappa shape index (κ3) is 4.85. The summed E-state index contributed by atoms with van der Waals surface area (Å²) in [5, 5.41) is 0. The van der Waals surface area contributed by atoms with Crippen LogP contribution in [0.5, 0.6) is 11.5 Å². The number of halogens is 1. The van der Waals surface area contributed by atoms with Crippen molar-refractivity contribution in [2.75, 3.05) is 6.26 Å². The molecular weight excluding hydrogens is 371 g/mol. The molecule has 3 aromatic rings. The molecule has 0 bridgehead atoms. The molecule has 0 aliphatic carbocycles. The first-order valence-electron chi connectivity index (χ1n) is 8.13. The Morgan fingerprint density at radius 2 is 1.81 bits per heavy atom. The van der Waals surface area contributed by atoms with Crippen LogP contribution in [0.15, 0.2) is 59.8 Å². The van der Waals surface area contributed by atoms with Crippen LogP contribution in [0.25, 0.3) is 0 Å². The van der Waals surface area contributed by atoms with Gasteiger partial charge in [-0.15, -0.1) is 0 Å². The van der Waals surface area contributed by atoms with Crippen molar-refractivity contribution in [3.05, 3.63) is 72.1 Å². The summed E-state index contributed by atoms with van der Waals surface area (Å²) in [5.74, 6) is 0.765. The number of rotatable bonds is 7. The SMILES string of the molecule is Cn1ccnc1COc1ccc(COc2cc(S(C)(=O)=O)ccc2F)cc1. The van der Waals surface area contributed by atoms with E-state index in [0.717, 1.165) is 23.7 Å². The van der Waals surface area contributed by atoms with E-state index in [0.29, 0.717) is 12.4 Å². The van der Waals surface area contributed by atoms with E-state index in [-0.39, 0.29) is 17.3 Å². The molecule has 8 heteroatoms. The summed E-state index contributed by atoms with van der Waals surface area (Å²) < 4.78 is 50.0. The number of hydrogen-bond donors (Lipinski definition) is 0. The second kappa shape index (κ2) is 7.79. The zero-order valence-corrected chi connectivity index (χ0v) is 15.7. The van der Waals surface area contributed by atoms with E-state index < -0.39 is 15.7 Å². The molecule has 3 rings (SSSR count). The van der Waals surface area contributed by atoms with E-state index in [2.05, 4.69) is 4.98 Å². The Bertz CT molecular complexity index is 1030. The van der Waals surface area contributed by atoms with Crippen molar-refractivity contribution in [1.82, 2.24) is 9.55 Å². The largest absolute Gasteiger partial charge is 0.486 e. The minimum atomic E-state index is -3.43. The molecule has 0 N–H and O–H groups in total. The van der Waals surface area contributed by atoms with Crippen molar-refractivity contribution in [2.45, 2.75) is 18.1 Å². The maximum absolute atomic E-state index is 13.8. The summed E-state index contributed by atoms with van der Waals surface area (Å²) in [5.41, 5.74) is 0.795. The van der Waals surface area contributed by atoms with Gasteiger partial charge in [-0.2, -0.15) is 0 Å². The van der Waals surface area contributed by atoms with Crippen molar-refractivity contribution in [3.63, 3.8) is 0 Å². The van der Waals surface area contributed by atoms with Gasteiger partial charge in [0.1, 0.15) is 24.8 Å². The van der Waals surface area contributed by atoms with Gasteiger partial charge >= 0.3 is 0 Å². The van der Waals surface area contributed by atoms with Gasteiger partial charge in [0.15, 0.2) is 21.4 Å². The number of ether oxygens (including phenoxy) is 2. The Balaban J connectivity index is 1.61. The van der Waals surface area contributed by atoms with Crippen molar-refractivity contribution < 1.29 is 22.3 Å². The van der Waals surface area contributed by atoms with Crippen molar-refractivity contribution in [2.24, 2.45) is 7.05 Å². The normalized spacial score (nSPS) is 11.4. The predicted octanol–water partition coefficient (Wildman–Crippen LogP) is 3.12. The molecule has 1 aromatic heterocycles. The van der Waals surface area contributed by atoms with Gasteiger partial charge in [0.05, 0.1) is 4.90 Å². The first-order chi connectivity index (χ1) is 12.8. The van der Waals surface area contributed by atoms with Crippen LogP contribution in [-0.2, 0) is 30.1 Å². The van der Waals surface area contributed by atoms with Gasteiger partial charge < -0.3 is 14.0 Å². The van der Waals surface area contributed by atoms with Gasteiger partial charge in [0.2, 0.25) is 0 Å². The lowest BCUT2D eigenvalue weighted by Crippen LogP contribution is -2.03. The van der Waals surface area contributed by atoms with E-state index in [1.807, 2.05) is 17.8 Å².